The normalized spacial score (nSPS) is 21.9. The Morgan fingerprint density at radius 1 is 1.03 bits per heavy atom. The highest BCUT2D eigenvalue weighted by atomic mass is 16.5. The second-order valence-electron chi connectivity index (χ2n) is 7.45. The molecule has 156 valence electrons. The van der Waals surface area contributed by atoms with E-state index in [1.807, 2.05) is 30.3 Å². The molecule has 7 nitrogen and oxygen atoms in total. The van der Waals surface area contributed by atoms with Crippen molar-refractivity contribution in [3.05, 3.63) is 71.6 Å². The van der Waals surface area contributed by atoms with E-state index in [4.69, 9.17) is 4.74 Å². The third kappa shape index (κ3) is 4.13. The average Bonchev–Trinajstić information content (AvgIpc) is 3.05. The van der Waals surface area contributed by atoms with Crippen LogP contribution in [-0.2, 0) is 14.3 Å². The first-order valence-electron chi connectivity index (χ1n) is 10.2. The molecule has 2 aliphatic rings. The van der Waals surface area contributed by atoms with E-state index in [0.717, 1.165) is 44.8 Å². The number of hydrogen-bond acceptors (Lipinski definition) is 6. The molecule has 0 spiro atoms. The fraction of sp³-hybridized carbons (Fsp3) is 0.348. The summed E-state index contributed by atoms with van der Waals surface area (Å²) < 4.78 is 5.38. The number of hydrogen-bond donors (Lipinski definition) is 1. The molecule has 0 unspecified atom stereocenters. The van der Waals surface area contributed by atoms with Crippen LogP contribution in [0.3, 0.4) is 0 Å². The molecule has 1 aromatic heterocycles. The second kappa shape index (κ2) is 9.19. The van der Waals surface area contributed by atoms with Crippen LogP contribution in [0.15, 0.2) is 60.4 Å². The summed E-state index contributed by atoms with van der Waals surface area (Å²) in [4.78, 5) is 33.7. The summed E-state index contributed by atoms with van der Waals surface area (Å²) in [6.07, 6.45) is 3.83. The van der Waals surface area contributed by atoms with Crippen LogP contribution in [-0.4, -0.2) is 71.0 Å². The van der Waals surface area contributed by atoms with E-state index < -0.39 is 17.7 Å². The largest absolute Gasteiger partial charge is 0.507 e. The summed E-state index contributed by atoms with van der Waals surface area (Å²) in [6, 6.07) is 12.0. The monoisotopic (exact) mass is 407 g/mol. The van der Waals surface area contributed by atoms with E-state index in [9.17, 15) is 14.7 Å². The number of aromatic nitrogens is 1. The lowest BCUT2D eigenvalue weighted by atomic mass is 9.95. The number of amides is 1. The van der Waals surface area contributed by atoms with E-state index in [2.05, 4.69) is 9.88 Å². The number of ether oxygens (including phenoxy) is 1. The predicted molar refractivity (Wildman–Crippen MR) is 112 cm³/mol. The lowest BCUT2D eigenvalue weighted by Gasteiger charge is -2.29. The molecule has 0 aliphatic carbocycles. The summed E-state index contributed by atoms with van der Waals surface area (Å²) in [6.45, 7) is 4.47. The SMILES string of the molecule is O=C1C(=O)N(CCCN2CCOCC2)[C@@H](c2ccccc2)/C1=C(\O)c1ccncc1. The molecule has 2 saturated heterocycles. The van der Waals surface area contributed by atoms with Gasteiger partial charge in [-0.15, -0.1) is 0 Å². The molecule has 0 bridgehead atoms. The summed E-state index contributed by atoms with van der Waals surface area (Å²) in [5.74, 6) is -1.38. The third-order valence-corrected chi connectivity index (χ3v) is 5.59. The summed E-state index contributed by atoms with van der Waals surface area (Å²) >= 11 is 0. The summed E-state index contributed by atoms with van der Waals surface area (Å²) in [5.41, 5.74) is 1.40. The summed E-state index contributed by atoms with van der Waals surface area (Å²) in [7, 11) is 0. The molecule has 30 heavy (non-hydrogen) atoms. The van der Waals surface area contributed by atoms with Crippen molar-refractivity contribution >= 4 is 17.4 Å². The minimum absolute atomic E-state index is 0.128. The molecule has 1 aromatic carbocycles. The Labute approximate surface area is 175 Å². The molecule has 7 heteroatoms. The molecule has 2 fully saturated rings. The van der Waals surface area contributed by atoms with Crippen molar-refractivity contribution in [1.29, 1.82) is 0 Å². The van der Waals surface area contributed by atoms with Crippen LogP contribution >= 0.6 is 0 Å². The van der Waals surface area contributed by atoms with Crippen molar-refractivity contribution < 1.29 is 19.4 Å². The molecule has 1 atom stereocenters. The number of rotatable bonds is 6. The maximum absolute atomic E-state index is 12.9. The highest BCUT2D eigenvalue weighted by Crippen LogP contribution is 2.39. The average molecular weight is 407 g/mol. The number of aliphatic hydroxyl groups is 1. The van der Waals surface area contributed by atoms with Gasteiger partial charge in [-0.1, -0.05) is 30.3 Å². The van der Waals surface area contributed by atoms with Crippen molar-refractivity contribution in [2.24, 2.45) is 0 Å². The molecule has 0 saturated carbocycles. The first-order chi connectivity index (χ1) is 14.7. The van der Waals surface area contributed by atoms with Gasteiger partial charge in [0, 0.05) is 44.1 Å². The Bertz CT molecular complexity index is 924. The zero-order valence-electron chi connectivity index (χ0n) is 16.7. The molecule has 4 rings (SSSR count). The Morgan fingerprint density at radius 2 is 1.73 bits per heavy atom. The number of ketones is 1. The Kier molecular flexibility index (Phi) is 6.21. The van der Waals surface area contributed by atoms with Gasteiger partial charge >= 0.3 is 0 Å². The quantitative estimate of drug-likeness (QED) is 0.449. The summed E-state index contributed by atoms with van der Waals surface area (Å²) in [5, 5.41) is 10.9. The van der Waals surface area contributed by atoms with Crippen LogP contribution in [0.5, 0.6) is 0 Å². The molecule has 2 aromatic rings. The number of likely N-dealkylation sites (tertiary alicyclic amines) is 1. The highest BCUT2D eigenvalue weighted by Gasteiger charge is 2.45. The number of morpholine rings is 1. The minimum atomic E-state index is -0.649. The van der Waals surface area contributed by atoms with Gasteiger partial charge in [0.2, 0.25) is 0 Å². The van der Waals surface area contributed by atoms with Gasteiger partial charge in [-0.2, -0.15) is 0 Å². The minimum Gasteiger partial charge on any atom is -0.507 e. The van der Waals surface area contributed by atoms with Crippen LogP contribution < -0.4 is 0 Å². The molecule has 2 aliphatic heterocycles. The molecular formula is C23H25N3O4. The topological polar surface area (TPSA) is 83.0 Å². The Morgan fingerprint density at radius 3 is 2.43 bits per heavy atom. The number of Topliss-reactive ketones (excluding diaryl/α,β-unsaturated/α-hetero) is 1. The number of benzene rings is 1. The van der Waals surface area contributed by atoms with Crippen LogP contribution in [0.25, 0.3) is 5.76 Å². The van der Waals surface area contributed by atoms with E-state index in [1.54, 1.807) is 29.4 Å². The van der Waals surface area contributed by atoms with E-state index in [0.29, 0.717) is 12.1 Å². The molecular weight excluding hydrogens is 382 g/mol. The van der Waals surface area contributed by atoms with Gasteiger partial charge in [-0.05, 0) is 24.1 Å². The van der Waals surface area contributed by atoms with Crippen LogP contribution in [0, 0.1) is 0 Å². The lowest BCUT2D eigenvalue weighted by Crippen LogP contribution is -2.38. The fourth-order valence-electron chi connectivity index (χ4n) is 4.05. The van der Waals surface area contributed by atoms with Gasteiger partial charge in [-0.25, -0.2) is 0 Å². The van der Waals surface area contributed by atoms with E-state index >= 15 is 0 Å². The number of carbonyl (C=O) groups is 2. The van der Waals surface area contributed by atoms with Crippen LogP contribution in [0.2, 0.25) is 0 Å². The number of carbonyl (C=O) groups excluding carboxylic acids is 2. The van der Waals surface area contributed by atoms with Gasteiger partial charge < -0.3 is 14.7 Å². The van der Waals surface area contributed by atoms with E-state index in [-0.39, 0.29) is 11.3 Å². The smallest absolute Gasteiger partial charge is 0.295 e. The molecule has 1 amide bonds. The van der Waals surface area contributed by atoms with E-state index in [1.165, 1.54) is 0 Å². The van der Waals surface area contributed by atoms with Crippen molar-refractivity contribution in [2.75, 3.05) is 39.4 Å². The highest BCUT2D eigenvalue weighted by molar-refractivity contribution is 6.46. The van der Waals surface area contributed by atoms with Crippen molar-refractivity contribution in [1.82, 2.24) is 14.8 Å². The first-order valence-corrected chi connectivity index (χ1v) is 10.2. The molecule has 3 heterocycles. The first kappa shape index (κ1) is 20.3. The Balaban J connectivity index is 1.63. The predicted octanol–water partition coefficient (Wildman–Crippen LogP) is 2.23. The van der Waals surface area contributed by atoms with Crippen molar-refractivity contribution in [2.45, 2.75) is 12.5 Å². The van der Waals surface area contributed by atoms with Gasteiger partial charge in [0.05, 0.1) is 24.8 Å². The second-order valence-corrected chi connectivity index (χ2v) is 7.45. The lowest BCUT2D eigenvalue weighted by molar-refractivity contribution is -0.140. The Hall–Kier alpha value is -3.03. The van der Waals surface area contributed by atoms with Crippen LogP contribution in [0.4, 0.5) is 0 Å². The number of pyridine rings is 1. The van der Waals surface area contributed by atoms with Gasteiger partial charge in [-0.3, -0.25) is 19.5 Å². The van der Waals surface area contributed by atoms with Crippen LogP contribution in [0.1, 0.15) is 23.6 Å². The number of aliphatic hydroxyl groups excluding tert-OH is 1. The number of nitrogens with zero attached hydrogens (tertiary/aromatic N) is 3. The molecule has 1 N–H and O–H groups in total. The maximum atomic E-state index is 12.9. The van der Waals surface area contributed by atoms with Gasteiger partial charge in [0.25, 0.3) is 11.7 Å². The zero-order valence-corrected chi connectivity index (χ0v) is 16.7. The maximum Gasteiger partial charge on any atom is 0.295 e. The van der Waals surface area contributed by atoms with Crippen molar-refractivity contribution in [3.63, 3.8) is 0 Å². The molecule has 0 radical (unpaired) electrons. The fourth-order valence-corrected chi connectivity index (χ4v) is 4.05. The third-order valence-electron chi connectivity index (χ3n) is 5.59. The van der Waals surface area contributed by atoms with Gasteiger partial charge in [0.1, 0.15) is 5.76 Å². The van der Waals surface area contributed by atoms with Crippen molar-refractivity contribution in [3.8, 4) is 0 Å². The van der Waals surface area contributed by atoms with Gasteiger partial charge in [0.15, 0.2) is 0 Å². The standard InChI is InChI=1S/C23H25N3O4/c27-21(18-7-9-24-10-8-18)19-20(17-5-2-1-3-6-17)26(23(29)22(19)28)12-4-11-25-13-15-30-16-14-25/h1-3,5-10,20,27H,4,11-16H2/b21-19+/t20-/m0/s1. The zero-order chi connectivity index (χ0) is 20.9.